The molecule has 4 aromatic rings. The summed E-state index contributed by atoms with van der Waals surface area (Å²) in [5, 5.41) is 17.3. The number of anilines is 2. The van der Waals surface area contributed by atoms with Crippen molar-refractivity contribution in [3.8, 4) is 11.6 Å². The summed E-state index contributed by atoms with van der Waals surface area (Å²) in [4.78, 5) is 19.0. The molecule has 1 aromatic heterocycles. The number of hydrogen-bond donors (Lipinski definition) is 1. The van der Waals surface area contributed by atoms with Crippen molar-refractivity contribution in [3.05, 3.63) is 87.2 Å². The molecule has 29 heavy (non-hydrogen) atoms. The molecule has 0 unspecified atom stereocenters. The maximum absolute atomic E-state index is 11.7. The number of nitro groups is 1. The molecular formula is C20H12Cl2N4O3. The monoisotopic (exact) mass is 426 g/mol. The number of halogens is 2. The van der Waals surface area contributed by atoms with E-state index in [-0.39, 0.29) is 11.7 Å². The fourth-order valence-electron chi connectivity index (χ4n) is 2.80. The molecule has 0 radical (unpaired) electrons. The van der Waals surface area contributed by atoms with Crippen LogP contribution in [0.15, 0.2) is 67.0 Å². The van der Waals surface area contributed by atoms with Crippen molar-refractivity contribution in [2.45, 2.75) is 0 Å². The van der Waals surface area contributed by atoms with Gasteiger partial charge in [-0.3, -0.25) is 10.1 Å². The minimum absolute atomic E-state index is 0.0425. The summed E-state index contributed by atoms with van der Waals surface area (Å²) in [5.41, 5.74) is 0.0395. The van der Waals surface area contributed by atoms with Gasteiger partial charge in [0.1, 0.15) is 12.1 Å². The molecule has 0 fully saturated rings. The van der Waals surface area contributed by atoms with Gasteiger partial charge in [0.2, 0.25) is 5.82 Å². The number of benzene rings is 3. The van der Waals surface area contributed by atoms with E-state index in [2.05, 4.69) is 15.3 Å². The molecule has 3 aromatic carbocycles. The lowest BCUT2D eigenvalue weighted by Crippen LogP contribution is -2.03. The van der Waals surface area contributed by atoms with Gasteiger partial charge in [0.05, 0.1) is 4.92 Å². The molecule has 7 nitrogen and oxygen atoms in total. The predicted octanol–water partition coefficient (Wildman–Crippen LogP) is 6.38. The summed E-state index contributed by atoms with van der Waals surface area (Å²) < 4.78 is 5.72. The summed E-state index contributed by atoms with van der Waals surface area (Å²) >= 11 is 12.0. The molecule has 0 amide bonds. The summed E-state index contributed by atoms with van der Waals surface area (Å²) in [5.74, 6) is 0.192. The number of aromatic nitrogens is 2. The standard InChI is InChI=1S/C20H12Cl2N4O3/c21-14-8-15(22)10-16(9-14)25-19-18(26(27)28)20(24-11-23-19)29-17-6-5-12-3-1-2-4-13(12)7-17/h1-11H,(H,23,24,25). The lowest BCUT2D eigenvalue weighted by Gasteiger charge is -2.10. The Morgan fingerprint density at radius 3 is 2.38 bits per heavy atom. The van der Waals surface area contributed by atoms with Crippen molar-refractivity contribution in [1.82, 2.24) is 9.97 Å². The molecule has 1 heterocycles. The zero-order valence-corrected chi connectivity index (χ0v) is 16.2. The summed E-state index contributed by atoms with van der Waals surface area (Å²) in [7, 11) is 0. The van der Waals surface area contributed by atoms with E-state index in [0.29, 0.717) is 21.5 Å². The molecule has 0 bridgehead atoms. The predicted molar refractivity (Wildman–Crippen MR) is 112 cm³/mol. The van der Waals surface area contributed by atoms with Gasteiger partial charge in [-0.1, -0.05) is 53.5 Å². The van der Waals surface area contributed by atoms with Crippen molar-refractivity contribution in [3.63, 3.8) is 0 Å². The van der Waals surface area contributed by atoms with Crippen LogP contribution in [0.3, 0.4) is 0 Å². The van der Waals surface area contributed by atoms with E-state index < -0.39 is 10.6 Å². The normalized spacial score (nSPS) is 10.7. The quantitative estimate of drug-likeness (QED) is 0.294. The number of nitrogens with zero attached hydrogens (tertiary/aromatic N) is 3. The molecule has 0 aliphatic heterocycles. The number of nitrogens with one attached hydrogen (secondary N) is 1. The molecule has 4 rings (SSSR count). The Balaban J connectivity index is 1.71. The third-order valence-electron chi connectivity index (χ3n) is 4.03. The Labute approximate surface area is 175 Å². The largest absolute Gasteiger partial charge is 0.434 e. The number of ether oxygens (including phenoxy) is 1. The van der Waals surface area contributed by atoms with Crippen molar-refractivity contribution in [2.75, 3.05) is 5.32 Å². The fraction of sp³-hybridized carbons (Fsp3) is 0. The van der Waals surface area contributed by atoms with Gasteiger partial charge in [-0.25, -0.2) is 4.98 Å². The Kier molecular flexibility index (Phi) is 5.16. The fourth-order valence-corrected chi connectivity index (χ4v) is 3.32. The van der Waals surface area contributed by atoms with Crippen molar-refractivity contribution >= 4 is 51.2 Å². The van der Waals surface area contributed by atoms with Gasteiger partial charge in [-0.2, -0.15) is 4.98 Å². The molecule has 0 saturated heterocycles. The molecule has 0 aliphatic rings. The molecular weight excluding hydrogens is 415 g/mol. The van der Waals surface area contributed by atoms with E-state index in [9.17, 15) is 10.1 Å². The number of fused-ring (bicyclic) bond motifs is 1. The maximum atomic E-state index is 11.7. The Morgan fingerprint density at radius 2 is 1.66 bits per heavy atom. The molecule has 0 aliphatic carbocycles. The Hall–Kier alpha value is -3.42. The van der Waals surface area contributed by atoms with E-state index >= 15 is 0 Å². The minimum atomic E-state index is -0.606. The van der Waals surface area contributed by atoms with Crippen LogP contribution in [0.1, 0.15) is 0 Å². The van der Waals surface area contributed by atoms with Crippen molar-refractivity contribution in [1.29, 1.82) is 0 Å². The van der Waals surface area contributed by atoms with Gasteiger partial charge in [-0.05, 0) is 41.1 Å². The Bertz CT molecular complexity index is 1210. The van der Waals surface area contributed by atoms with Crippen LogP contribution in [0.5, 0.6) is 11.6 Å². The van der Waals surface area contributed by atoms with E-state index in [1.54, 1.807) is 30.3 Å². The molecule has 0 saturated carbocycles. The van der Waals surface area contributed by atoms with Crippen LogP contribution in [0.25, 0.3) is 10.8 Å². The van der Waals surface area contributed by atoms with E-state index in [4.69, 9.17) is 27.9 Å². The number of hydrogen-bond acceptors (Lipinski definition) is 6. The van der Waals surface area contributed by atoms with Gasteiger partial charge in [0, 0.05) is 15.7 Å². The highest BCUT2D eigenvalue weighted by Crippen LogP contribution is 2.36. The van der Waals surface area contributed by atoms with Gasteiger partial charge >= 0.3 is 11.6 Å². The first kappa shape index (κ1) is 18.9. The lowest BCUT2D eigenvalue weighted by molar-refractivity contribution is -0.385. The van der Waals surface area contributed by atoms with Crippen LogP contribution in [0.4, 0.5) is 17.2 Å². The van der Waals surface area contributed by atoms with Crippen molar-refractivity contribution in [2.24, 2.45) is 0 Å². The topological polar surface area (TPSA) is 90.2 Å². The van der Waals surface area contributed by atoms with E-state index in [1.807, 2.05) is 30.3 Å². The first-order valence-electron chi connectivity index (χ1n) is 8.39. The summed E-state index contributed by atoms with van der Waals surface area (Å²) in [6.07, 6.45) is 1.18. The average molecular weight is 427 g/mol. The van der Waals surface area contributed by atoms with Crippen LogP contribution < -0.4 is 10.1 Å². The second kappa shape index (κ2) is 7.90. The SMILES string of the molecule is O=[N+]([O-])c1c(Nc2cc(Cl)cc(Cl)c2)ncnc1Oc1ccc2ccccc2c1. The van der Waals surface area contributed by atoms with Gasteiger partial charge < -0.3 is 10.1 Å². The number of rotatable bonds is 5. The van der Waals surface area contributed by atoms with Gasteiger partial charge in [-0.15, -0.1) is 0 Å². The summed E-state index contributed by atoms with van der Waals surface area (Å²) in [6.45, 7) is 0. The Morgan fingerprint density at radius 1 is 0.931 bits per heavy atom. The second-order valence-corrected chi connectivity index (χ2v) is 6.90. The van der Waals surface area contributed by atoms with Gasteiger partial charge in [0.25, 0.3) is 0 Å². The third-order valence-corrected chi connectivity index (χ3v) is 4.47. The first-order chi connectivity index (χ1) is 14.0. The zero-order valence-electron chi connectivity index (χ0n) is 14.7. The van der Waals surface area contributed by atoms with E-state index in [1.165, 1.54) is 6.33 Å². The van der Waals surface area contributed by atoms with Crippen LogP contribution in [-0.4, -0.2) is 14.9 Å². The molecule has 144 valence electrons. The van der Waals surface area contributed by atoms with Crippen LogP contribution in [0, 0.1) is 10.1 Å². The van der Waals surface area contributed by atoms with Crippen LogP contribution in [-0.2, 0) is 0 Å². The smallest absolute Gasteiger partial charge is 0.373 e. The highest BCUT2D eigenvalue weighted by atomic mass is 35.5. The summed E-state index contributed by atoms with van der Waals surface area (Å²) in [6, 6.07) is 17.8. The van der Waals surface area contributed by atoms with E-state index in [0.717, 1.165) is 10.8 Å². The van der Waals surface area contributed by atoms with Gasteiger partial charge in [0.15, 0.2) is 0 Å². The average Bonchev–Trinajstić information content (AvgIpc) is 2.67. The second-order valence-electron chi connectivity index (χ2n) is 6.03. The zero-order chi connectivity index (χ0) is 20.4. The highest BCUT2D eigenvalue weighted by Gasteiger charge is 2.25. The molecule has 9 heteroatoms. The molecule has 0 spiro atoms. The molecule has 0 atom stereocenters. The minimum Gasteiger partial charge on any atom is -0.434 e. The first-order valence-corrected chi connectivity index (χ1v) is 9.14. The highest BCUT2D eigenvalue weighted by molar-refractivity contribution is 6.35. The molecule has 1 N–H and O–H groups in total. The maximum Gasteiger partial charge on any atom is 0.373 e. The lowest BCUT2D eigenvalue weighted by atomic mass is 10.1. The van der Waals surface area contributed by atoms with Crippen LogP contribution in [0.2, 0.25) is 10.0 Å². The third kappa shape index (κ3) is 4.21. The van der Waals surface area contributed by atoms with Crippen molar-refractivity contribution < 1.29 is 9.66 Å². The van der Waals surface area contributed by atoms with Crippen LogP contribution >= 0.6 is 23.2 Å².